The maximum atomic E-state index is 12.1. The van der Waals surface area contributed by atoms with Crippen molar-refractivity contribution in [2.45, 2.75) is 88.0 Å². The smallest absolute Gasteiger partial charge is 0.315 e. The average molecular weight is 367 g/mol. The molecule has 1 saturated heterocycles. The molecule has 0 radical (unpaired) electrons. The highest BCUT2D eigenvalue weighted by molar-refractivity contribution is 8.15. The molecule has 25 heavy (non-hydrogen) atoms. The van der Waals surface area contributed by atoms with Gasteiger partial charge in [0.1, 0.15) is 0 Å². The van der Waals surface area contributed by atoms with Gasteiger partial charge in [-0.3, -0.25) is 9.79 Å². The normalized spacial score (nSPS) is 27.3. The van der Waals surface area contributed by atoms with E-state index in [2.05, 4.69) is 16.0 Å². The first-order chi connectivity index (χ1) is 12.2. The highest BCUT2D eigenvalue weighted by atomic mass is 32.2. The van der Waals surface area contributed by atoms with Gasteiger partial charge in [0.05, 0.1) is 11.3 Å². The number of carbonyl (C=O) groups is 2. The topological polar surface area (TPSA) is 82.6 Å². The predicted molar refractivity (Wildman–Crippen MR) is 102 cm³/mol. The first-order valence-electron chi connectivity index (χ1n) is 9.80. The molecule has 3 fully saturated rings. The lowest BCUT2D eigenvalue weighted by molar-refractivity contribution is -0.118. The summed E-state index contributed by atoms with van der Waals surface area (Å²) in [6.45, 7) is 0.514. The van der Waals surface area contributed by atoms with Crippen LogP contribution in [0.2, 0.25) is 0 Å². The van der Waals surface area contributed by atoms with Crippen LogP contribution >= 0.6 is 11.8 Å². The van der Waals surface area contributed by atoms with E-state index in [-0.39, 0.29) is 17.2 Å². The van der Waals surface area contributed by atoms with E-state index < -0.39 is 0 Å². The first-order valence-corrected chi connectivity index (χ1v) is 10.7. The molecule has 1 atom stereocenters. The Kier molecular flexibility index (Phi) is 7.02. The molecule has 2 aliphatic carbocycles. The van der Waals surface area contributed by atoms with Gasteiger partial charge in [-0.2, -0.15) is 0 Å². The molecule has 1 aliphatic heterocycles. The zero-order chi connectivity index (χ0) is 17.5. The predicted octanol–water partition coefficient (Wildman–Crippen LogP) is 2.93. The minimum absolute atomic E-state index is 0.0235. The van der Waals surface area contributed by atoms with Crippen molar-refractivity contribution < 1.29 is 9.59 Å². The summed E-state index contributed by atoms with van der Waals surface area (Å²) in [6.07, 6.45) is 12.5. The van der Waals surface area contributed by atoms with Crippen molar-refractivity contribution in [1.29, 1.82) is 0 Å². The lowest BCUT2D eigenvalue weighted by Gasteiger charge is -2.13. The standard InChI is InChI=1S/C18H30N4O2S/c23-16-15(11-12-19-17(24)20-13-9-5-6-10-13)25-18(22-16)21-14-7-3-1-2-4-8-14/h13-15H,1-12H2,(H2,19,20,24)(H,21,22,23). The lowest BCUT2D eigenvalue weighted by Crippen LogP contribution is -2.42. The Morgan fingerprint density at radius 2 is 1.76 bits per heavy atom. The summed E-state index contributed by atoms with van der Waals surface area (Å²) in [6, 6.07) is 0.574. The second kappa shape index (κ2) is 9.46. The van der Waals surface area contributed by atoms with E-state index in [0.717, 1.165) is 30.9 Å². The molecule has 3 aliphatic rings. The second-order valence-corrected chi connectivity index (χ2v) is 8.54. The summed E-state index contributed by atoms with van der Waals surface area (Å²) in [5.74, 6) is 0.0235. The fourth-order valence-electron chi connectivity index (χ4n) is 3.83. The van der Waals surface area contributed by atoms with Crippen LogP contribution in [0.3, 0.4) is 0 Å². The number of rotatable bonds is 5. The number of carbonyl (C=O) groups excluding carboxylic acids is 2. The van der Waals surface area contributed by atoms with E-state index in [0.29, 0.717) is 25.0 Å². The van der Waals surface area contributed by atoms with Gasteiger partial charge in [-0.1, -0.05) is 50.3 Å². The number of aliphatic imine (C=N–C) groups is 1. The fourth-order valence-corrected chi connectivity index (χ4v) is 4.87. The Balaban J connectivity index is 1.38. The summed E-state index contributed by atoms with van der Waals surface area (Å²) in [4.78, 5) is 28.7. The third kappa shape index (κ3) is 5.90. The van der Waals surface area contributed by atoms with Crippen LogP contribution in [0.5, 0.6) is 0 Å². The van der Waals surface area contributed by atoms with E-state index in [9.17, 15) is 9.59 Å². The van der Waals surface area contributed by atoms with Crippen molar-refractivity contribution >= 4 is 28.9 Å². The molecular formula is C18H30N4O2S. The molecular weight excluding hydrogens is 336 g/mol. The van der Waals surface area contributed by atoms with Gasteiger partial charge in [-0.05, 0) is 32.1 Å². The van der Waals surface area contributed by atoms with Crippen molar-refractivity contribution in [2.24, 2.45) is 4.99 Å². The number of hydrogen-bond acceptors (Lipinski definition) is 4. The zero-order valence-electron chi connectivity index (χ0n) is 14.9. The molecule has 2 saturated carbocycles. The Morgan fingerprint density at radius 1 is 1.08 bits per heavy atom. The lowest BCUT2D eigenvalue weighted by atomic mass is 10.1. The number of nitrogens with zero attached hydrogens (tertiary/aromatic N) is 1. The quantitative estimate of drug-likeness (QED) is 0.654. The van der Waals surface area contributed by atoms with Crippen LogP contribution < -0.4 is 16.0 Å². The van der Waals surface area contributed by atoms with E-state index in [1.54, 1.807) is 0 Å². The SMILES string of the molecule is O=C(NCCC1SC(=NC2CCCCCC2)NC1=O)NC1CCCC1. The van der Waals surface area contributed by atoms with Crippen LogP contribution in [0, 0.1) is 0 Å². The molecule has 6 nitrogen and oxygen atoms in total. The number of nitrogens with one attached hydrogen (secondary N) is 3. The number of thioether (sulfide) groups is 1. The summed E-state index contributed by atoms with van der Waals surface area (Å²) >= 11 is 1.52. The van der Waals surface area contributed by atoms with Gasteiger partial charge >= 0.3 is 6.03 Å². The molecule has 3 N–H and O–H groups in total. The third-order valence-electron chi connectivity index (χ3n) is 5.28. The monoisotopic (exact) mass is 366 g/mol. The number of amides is 3. The van der Waals surface area contributed by atoms with Gasteiger partial charge < -0.3 is 16.0 Å². The van der Waals surface area contributed by atoms with Gasteiger partial charge in [-0.25, -0.2) is 4.79 Å². The van der Waals surface area contributed by atoms with Crippen LogP contribution in [0.1, 0.15) is 70.6 Å². The highest BCUT2D eigenvalue weighted by Gasteiger charge is 2.30. The van der Waals surface area contributed by atoms with Crippen molar-refractivity contribution in [3.8, 4) is 0 Å². The number of amidine groups is 1. The molecule has 140 valence electrons. The van der Waals surface area contributed by atoms with E-state index >= 15 is 0 Å². The molecule has 0 aromatic carbocycles. The van der Waals surface area contributed by atoms with Crippen LogP contribution in [-0.2, 0) is 4.79 Å². The molecule has 3 amide bonds. The number of hydrogen-bond donors (Lipinski definition) is 3. The highest BCUT2D eigenvalue weighted by Crippen LogP contribution is 2.25. The summed E-state index contributed by atoms with van der Waals surface area (Å²) in [5.41, 5.74) is 0. The van der Waals surface area contributed by atoms with Crippen LogP contribution in [0.4, 0.5) is 4.79 Å². The summed E-state index contributed by atoms with van der Waals surface area (Å²) in [5, 5.41) is 9.43. The van der Waals surface area contributed by atoms with Gasteiger partial charge in [0.25, 0.3) is 0 Å². The van der Waals surface area contributed by atoms with Gasteiger partial charge in [0.15, 0.2) is 5.17 Å². The Morgan fingerprint density at radius 3 is 2.48 bits per heavy atom. The third-order valence-corrected chi connectivity index (χ3v) is 6.45. The van der Waals surface area contributed by atoms with E-state index in [1.165, 1.54) is 50.3 Å². The van der Waals surface area contributed by atoms with Crippen LogP contribution in [-0.4, -0.2) is 41.0 Å². The molecule has 0 aromatic rings. The van der Waals surface area contributed by atoms with Crippen molar-refractivity contribution in [1.82, 2.24) is 16.0 Å². The Bertz CT molecular complexity index is 497. The maximum absolute atomic E-state index is 12.1. The first kappa shape index (κ1) is 18.5. The second-order valence-electron chi connectivity index (χ2n) is 7.35. The minimum atomic E-state index is -0.142. The molecule has 7 heteroatoms. The molecule has 0 bridgehead atoms. The van der Waals surface area contributed by atoms with Gasteiger partial charge in [-0.15, -0.1) is 0 Å². The van der Waals surface area contributed by atoms with Gasteiger partial charge in [0.2, 0.25) is 5.91 Å². The largest absolute Gasteiger partial charge is 0.338 e. The number of urea groups is 1. The van der Waals surface area contributed by atoms with Crippen molar-refractivity contribution in [3.05, 3.63) is 0 Å². The zero-order valence-corrected chi connectivity index (χ0v) is 15.7. The van der Waals surface area contributed by atoms with E-state index in [4.69, 9.17) is 4.99 Å². The molecule has 1 unspecified atom stereocenters. The van der Waals surface area contributed by atoms with Crippen molar-refractivity contribution in [3.63, 3.8) is 0 Å². The van der Waals surface area contributed by atoms with Crippen LogP contribution in [0.25, 0.3) is 0 Å². The van der Waals surface area contributed by atoms with Crippen LogP contribution in [0.15, 0.2) is 4.99 Å². The molecule has 3 rings (SSSR count). The Labute approximate surface area is 154 Å². The van der Waals surface area contributed by atoms with Crippen molar-refractivity contribution in [2.75, 3.05) is 6.54 Å². The van der Waals surface area contributed by atoms with E-state index in [1.807, 2.05) is 0 Å². The Hall–Kier alpha value is -1.24. The maximum Gasteiger partial charge on any atom is 0.315 e. The van der Waals surface area contributed by atoms with Gasteiger partial charge in [0, 0.05) is 12.6 Å². The fraction of sp³-hybridized carbons (Fsp3) is 0.833. The minimum Gasteiger partial charge on any atom is -0.338 e. The molecule has 0 aromatic heterocycles. The summed E-state index contributed by atoms with van der Waals surface area (Å²) in [7, 11) is 0. The molecule has 0 spiro atoms. The summed E-state index contributed by atoms with van der Waals surface area (Å²) < 4.78 is 0. The molecule has 1 heterocycles. The average Bonchev–Trinajstić information content (AvgIpc) is 3.12.